The van der Waals surface area contributed by atoms with Crippen molar-refractivity contribution in [2.45, 2.75) is 18.6 Å². The summed E-state index contributed by atoms with van der Waals surface area (Å²) in [6.45, 7) is 0. The molecule has 1 atom stereocenters. The molecule has 2 N–H and O–H groups in total. The van der Waals surface area contributed by atoms with Crippen LogP contribution in [0.15, 0.2) is 22.7 Å². The van der Waals surface area contributed by atoms with Crippen LogP contribution < -0.4 is 5.32 Å². The molecule has 0 aliphatic carbocycles. The van der Waals surface area contributed by atoms with Crippen LogP contribution in [-0.4, -0.2) is 17.1 Å². The molecule has 102 valence electrons. The molecule has 0 aliphatic rings. The summed E-state index contributed by atoms with van der Waals surface area (Å²) in [5.74, 6) is 0.794. The highest BCUT2D eigenvalue weighted by atomic mass is 79.9. The third kappa shape index (κ3) is 4.17. The lowest BCUT2D eigenvalue weighted by Crippen LogP contribution is -2.29. The summed E-state index contributed by atoms with van der Waals surface area (Å²) in [6, 6.07) is 2.13. The molecule has 0 aromatic heterocycles. The molecule has 1 unspecified atom stereocenters. The zero-order valence-corrected chi connectivity index (χ0v) is 11.0. The van der Waals surface area contributed by atoms with E-state index in [2.05, 4.69) is 27.2 Å². The minimum Gasteiger partial charge on any atom is -0.480 e. The van der Waals surface area contributed by atoms with Crippen molar-refractivity contribution in [3.63, 3.8) is 0 Å². The summed E-state index contributed by atoms with van der Waals surface area (Å²) in [6.07, 6.45) is 0.174. The normalized spacial score (nSPS) is 12.6. The van der Waals surface area contributed by atoms with E-state index in [-0.39, 0.29) is 16.6 Å². The molecule has 3 nitrogen and oxygen atoms in total. The number of hydrogen-bond acceptors (Lipinski definition) is 2. The maximum atomic E-state index is 12.8. The second-order valence-corrected chi connectivity index (χ2v) is 4.55. The van der Waals surface area contributed by atoms with E-state index in [0.29, 0.717) is 0 Å². The van der Waals surface area contributed by atoms with E-state index in [4.69, 9.17) is 11.5 Å². The first-order valence-corrected chi connectivity index (χ1v) is 5.84. The Kier molecular flexibility index (Phi) is 4.84. The number of anilines is 1. The highest BCUT2D eigenvalue weighted by Crippen LogP contribution is 2.36. The predicted octanol–water partition coefficient (Wildman–Crippen LogP) is 3.36. The van der Waals surface area contributed by atoms with Gasteiger partial charge in [-0.25, -0.2) is 4.79 Å². The van der Waals surface area contributed by atoms with E-state index in [9.17, 15) is 18.0 Å². The Balaban J connectivity index is 3.13. The number of terminal acetylenes is 1. The van der Waals surface area contributed by atoms with Crippen molar-refractivity contribution < 1.29 is 23.1 Å². The average Bonchev–Trinajstić information content (AvgIpc) is 2.29. The van der Waals surface area contributed by atoms with Gasteiger partial charge in [0.05, 0.1) is 5.56 Å². The number of alkyl halides is 3. The predicted molar refractivity (Wildman–Crippen MR) is 67.6 cm³/mol. The molecular formula is C12H9BrF3NO2. The van der Waals surface area contributed by atoms with Crippen molar-refractivity contribution in [3.8, 4) is 12.3 Å². The molecule has 0 amide bonds. The van der Waals surface area contributed by atoms with E-state index < -0.39 is 23.8 Å². The molecule has 0 bridgehead atoms. The standard InChI is InChI=1S/C12H9BrF3NO2/c1-2-3-10(11(18)19)17-9-5-4-7(13)6-8(9)12(14,15)16/h1,4-6,10,17H,3H2,(H,18,19). The number of carbonyl (C=O) groups is 1. The smallest absolute Gasteiger partial charge is 0.418 e. The lowest BCUT2D eigenvalue weighted by molar-refractivity contribution is -0.139. The van der Waals surface area contributed by atoms with E-state index in [1.807, 2.05) is 0 Å². The minimum atomic E-state index is -4.59. The van der Waals surface area contributed by atoms with Gasteiger partial charge in [-0.3, -0.25) is 0 Å². The second kappa shape index (κ2) is 5.97. The van der Waals surface area contributed by atoms with Gasteiger partial charge in [0.2, 0.25) is 0 Å². The van der Waals surface area contributed by atoms with E-state index in [0.717, 1.165) is 12.1 Å². The molecule has 0 heterocycles. The highest BCUT2D eigenvalue weighted by molar-refractivity contribution is 9.10. The monoisotopic (exact) mass is 335 g/mol. The zero-order valence-electron chi connectivity index (χ0n) is 9.46. The molecule has 19 heavy (non-hydrogen) atoms. The lowest BCUT2D eigenvalue weighted by Gasteiger charge is -2.18. The Morgan fingerprint density at radius 1 is 1.53 bits per heavy atom. The fourth-order valence-electron chi connectivity index (χ4n) is 1.38. The second-order valence-electron chi connectivity index (χ2n) is 3.63. The van der Waals surface area contributed by atoms with Crippen LogP contribution in [0.1, 0.15) is 12.0 Å². The van der Waals surface area contributed by atoms with Crippen molar-refractivity contribution in [2.24, 2.45) is 0 Å². The van der Waals surface area contributed by atoms with E-state index in [1.165, 1.54) is 6.07 Å². The van der Waals surface area contributed by atoms with Gasteiger partial charge in [0.15, 0.2) is 0 Å². The average molecular weight is 336 g/mol. The molecule has 1 aromatic rings. The molecule has 1 aromatic carbocycles. The SMILES string of the molecule is C#CCC(Nc1ccc(Br)cc1C(F)(F)F)C(=O)O. The van der Waals surface area contributed by atoms with Crippen LogP contribution in [0.5, 0.6) is 0 Å². The summed E-state index contributed by atoms with van der Waals surface area (Å²) >= 11 is 2.94. The first-order valence-electron chi connectivity index (χ1n) is 5.05. The number of carboxylic acid groups (broad SMARTS) is 1. The number of halogens is 4. The fourth-order valence-corrected chi connectivity index (χ4v) is 1.74. The Morgan fingerprint density at radius 3 is 2.63 bits per heavy atom. The van der Waals surface area contributed by atoms with Crippen LogP contribution in [-0.2, 0) is 11.0 Å². The molecule has 1 rings (SSSR count). The van der Waals surface area contributed by atoms with Crippen LogP contribution in [0, 0.1) is 12.3 Å². The topological polar surface area (TPSA) is 49.3 Å². The van der Waals surface area contributed by atoms with E-state index >= 15 is 0 Å². The van der Waals surface area contributed by atoms with E-state index in [1.54, 1.807) is 0 Å². The molecule has 0 aliphatic heterocycles. The number of hydrogen-bond donors (Lipinski definition) is 2. The number of benzene rings is 1. The van der Waals surface area contributed by atoms with Crippen LogP contribution in [0.3, 0.4) is 0 Å². The van der Waals surface area contributed by atoms with Crippen LogP contribution >= 0.6 is 15.9 Å². The first-order chi connectivity index (χ1) is 8.75. The number of aliphatic carboxylic acids is 1. The number of nitrogens with one attached hydrogen (secondary N) is 1. The van der Waals surface area contributed by atoms with Gasteiger partial charge >= 0.3 is 12.1 Å². The Bertz CT molecular complexity index is 523. The van der Waals surface area contributed by atoms with Crippen molar-refractivity contribution in [1.29, 1.82) is 0 Å². The molecule has 0 saturated carbocycles. The van der Waals surface area contributed by atoms with Crippen molar-refractivity contribution in [2.75, 3.05) is 5.32 Å². The van der Waals surface area contributed by atoms with Gasteiger partial charge in [-0.2, -0.15) is 13.2 Å². The van der Waals surface area contributed by atoms with Crippen LogP contribution in [0.2, 0.25) is 0 Å². The largest absolute Gasteiger partial charge is 0.480 e. The van der Waals surface area contributed by atoms with Gasteiger partial charge in [0, 0.05) is 16.6 Å². The molecule has 0 saturated heterocycles. The van der Waals surface area contributed by atoms with Gasteiger partial charge in [-0.05, 0) is 18.2 Å². The summed E-state index contributed by atoms with van der Waals surface area (Å²) < 4.78 is 38.7. The van der Waals surface area contributed by atoms with Crippen molar-refractivity contribution >= 4 is 27.6 Å². The summed E-state index contributed by atoms with van der Waals surface area (Å²) in [5, 5.41) is 11.2. The molecule has 0 radical (unpaired) electrons. The van der Waals surface area contributed by atoms with Crippen molar-refractivity contribution in [3.05, 3.63) is 28.2 Å². The van der Waals surface area contributed by atoms with Crippen LogP contribution in [0.4, 0.5) is 18.9 Å². The maximum absolute atomic E-state index is 12.8. The zero-order chi connectivity index (χ0) is 14.6. The highest BCUT2D eigenvalue weighted by Gasteiger charge is 2.34. The maximum Gasteiger partial charge on any atom is 0.418 e. The summed E-state index contributed by atoms with van der Waals surface area (Å²) in [7, 11) is 0. The van der Waals surface area contributed by atoms with Gasteiger partial charge < -0.3 is 10.4 Å². The quantitative estimate of drug-likeness (QED) is 0.829. The fraction of sp³-hybridized carbons (Fsp3) is 0.250. The molecular weight excluding hydrogens is 327 g/mol. The third-order valence-corrected chi connectivity index (χ3v) is 2.73. The van der Waals surface area contributed by atoms with Crippen molar-refractivity contribution in [1.82, 2.24) is 0 Å². The first kappa shape index (κ1) is 15.4. The summed E-state index contributed by atoms with van der Waals surface area (Å²) in [4.78, 5) is 10.9. The third-order valence-electron chi connectivity index (χ3n) is 2.24. The Morgan fingerprint density at radius 2 is 2.16 bits per heavy atom. The van der Waals surface area contributed by atoms with Gasteiger partial charge in [0.25, 0.3) is 0 Å². The lowest BCUT2D eigenvalue weighted by atomic mass is 10.1. The van der Waals surface area contributed by atoms with Gasteiger partial charge in [-0.15, -0.1) is 12.3 Å². The minimum absolute atomic E-state index is 0.220. The summed E-state index contributed by atoms with van der Waals surface area (Å²) in [5.41, 5.74) is -1.27. The Labute approximate surface area is 115 Å². The molecule has 7 heteroatoms. The molecule has 0 spiro atoms. The number of carboxylic acids is 1. The number of rotatable bonds is 4. The Hall–Kier alpha value is -1.68. The van der Waals surface area contributed by atoms with Gasteiger partial charge in [0.1, 0.15) is 6.04 Å². The van der Waals surface area contributed by atoms with Crippen LogP contribution in [0.25, 0.3) is 0 Å². The molecule has 0 fully saturated rings. The van der Waals surface area contributed by atoms with Gasteiger partial charge in [-0.1, -0.05) is 15.9 Å².